The SMILES string of the molecule is C[N](C)[Hf+3].[H-].[H-].[H-]. The Morgan fingerprint density at radius 2 is 1.75 bits per heavy atom. The van der Waals surface area contributed by atoms with Crippen LogP contribution >= 0.6 is 0 Å². The van der Waals surface area contributed by atoms with E-state index in [9.17, 15) is 0 Å². The van der Waals surface area contributed by atoms with E-state index < -0.39 is 0 Å². The van der Waals surface area contributed by atoms with E-state index >= 15 is 0 Å². The first-order valence-electron chi connectivity index (χ1n) is 1.12. The van der Waals surface area contributed by atoms with Crippen LogP contribution in [0.4, 0.5) is 0 Å². The Labute approximate surface area is 46.4 Å². The van der Waals surface area contributed by atoms with E-state index in [0.717, 1.165) is 0 Å². The van der Waals surface area contributed by atoms with Crippen LogP contribution in [0.25, 0.3) is 0 Å². The van der Waals surface area contributed by atoms with Gasteiger partial charge in [0.1, 0.15) is 0 Å². The summed E-state index contributed by atoms with van der Waals surface area (Å²) in [6.07, 6.45) is 0. The van der Waals surface area contributed by atoms with Crippen molar-refractivity contribution in [3.05, 3.63) is 0 Å². The van der Waals surface area contributed by atoms with Crippen LogP contribution in [0.15, 0.2) is 0 Å². The van der Waals surface area contributed by atoms with Crippen LogP contribution in [0.1, 0.15) is 4.28 Å². The van der Waals surface area contributed by atoms with Crippen LogP contribution in [0, 0.1) is 0 Å². The van der Waals surface area contributed by atoms with Gasteiger partial charge in [-0.3, -0.25) is 0 Å². The number of hydrogen-bond acceptors (Lipinski definition) is 1. The molecule has 0 aromatic heterocycles. The molecule has 0 saturated heterocycles. The van der Waals surface area contributed by atoms with E-state index in [1.807, 2.05) is 0 Å². The maximum absolute atomic E-state index is 2.14. The Balaban J connectivity index is -0.0000000150. The summed E-state index contributed by atoms with van der Waals surface area (Å²) in [6.45, 7) is 0. The molecule has 0 N–H and O–H groups in total. The molecule has 4 heavy (non-hydrogen) atoms. The van der Waals surface area contributed by atoms with Gasteiger partial charge in [0.05, 0.1) is 0 Å². The zero-order valence-corrected chi connectivity index (χ0v) is 6.54. The first-order chi connectivity index (χ1) is 1.73. The minimum atomic E-state index is 0. The van der Waals surface area contributed by atoms with Gasteiger partial charge in [-0.1, -0.05) is 0 Å². The minimum absolute atomic E-state index is 0. The van der Waals surface area contributed by atoms with E-state index in [1.165, 1.54) is 24.7 Å². The molecule has 0 unspecified atom stereocenters. The Morgan fingerprint density at radius 3 is 1.75 bits per heavy atom. The monoisotopic (exact) mass is 227 g/mol. The summed E-state index contributed by atoms with van der Waals surface area (Å²) in [6, 6.07) is 0. The summed E-state index contributed by atoms with van der Waals surface area (Å²) in [5, 5.41) is 0. The second-order valence-corrected chi connectivity index (χ2v) is 4.11. The number of rotatable bonds is 0. The molecule has 0 spiro atoms. The predicted octanol–water partition coefficient (Wildman–Crippen LogP) is 0.347. The van der Waals surface area contributed by atoms with Crippen LogP contribution < -0.4 is 0 Å². The van der Waals surface area contributed by atoms with Crippen molar-refractivity contribution in [2.24, 2.45) is 0 Å². The molecule has 0 aromatic carbocycles. The summed E-state index contributed by atoms with van der Waals surface area (Å²) < 4.78 is 2.14. The van der Waals surface area contributed by atoms with Crippen molar-refractivity contribution < 1.29 is 28.9 Å². The van der Waals surface area contributed by atoms with Gasteiger partial charge in [-0.05, 0) is 0 Å². The van der Waals surface area contributed by atoms with Gasteiger partial charge in [0, 0.05) is 0 Å². The smallest absolute Gasteiger partial charge is 1.00 e. The van der Waals surface area contributed by atoms with Crippen LogP contribution in [0.2, 0.25) is 0 Å². The van der Waals surface area contributed by atoms with Gasteiger partial charge in [0.2, 0.25) is 0 Å². The molecule has 0 bridgehead atoms. The van der Waals surface area contributed by atoms with Crippen molar-refractivity contribution in [1.29, 1.82) is 0 Å². The van der Waals surface area contributed by atoms with Gasteiger partial charge in [-0.25, -0.2) is 0 Å². The maximum atomic E-state index is 2.14. The second kappa shape index (κ2) is 2.09. The molecule has 0 aliphatic heterocycles. The molecular weight excluding hydrogens is 217 g/mol. The van der Waals surface area contributed by atoms with Crippen molar-refractivity contribution in [3.8, 4) is 0 Å². The average molecular weight is 226 g/mol. The Morgan fingerprint density at radius 1 is 1.75 bits per heavy atom. The third-order valence-corrected chi connectivity index (χ3v) is 0. The van der Waals surface area contributed by atoms with Crippen molar-refractivity contribution >= 4 is 0 Å². The van der Waals surface area contributed by atoms with Gasteiger partial charge in [-0.15, -0.1) is 0 Å². The quantitative estimate of drug-likeness (QED) is 0.538. The number of hydrogen-bond donors (Lipinski definition) is 0. The molecule has 0 atom stereocenters. The third kappa shape index (κ3) is 13.8. The molecule has 0 aliphatic carbocycles. The predicted molar refractivity (Wildman–Crippen MR) is 17.0 cm³/mol. The topological polar surface area (TPSA) is 3.24 Å². The molecule has 0 amide bonds. The summed E-state index contributed by atoms with van der Waals surface area (Å²) in [4.78, 5) is 0. The molecule has 0 fully saturated rings. The maximum Gasteiger partial charge on any atom is -1.00 e. The van der Waals surface area contributed by atoms with E-state index in [-0.39, 0.29) is 4.28 Å². The first-order valence-corrected chi connectivity index (χ1v) is 2.72. The summed E-state index contributed by atoms with van der Waals surface area (Å²) in [5.74, 6) is 0. The number of nitrogens with zero attached hydrogens (tertiary/aromatic N) is 1. The summed E-state index contributed by atoms with van der Waals surface area (Å²) >= 11 is 1.18. The molecular formula is C2H9HfN. The Bertz CT molecular complexity index is 17.7. The minimum Gasteiger partial charge on any atom is -1.00 e. The van der Waals surface area contributed by atoms with E-state index in [1.54, 1.807) is 0 Å². The summed E-state index contributed by atoms with van der Waals surface area (Å²) in [5.41, 5.74) is 0. The average Bonchev–Trinajstić information content (AvgIpc) is 0.811. The van der Waals surface area contributed by atoms with Crippen LogP contribution in [-0.4, -0.2) is 17.0 Å². The van der Waals surface area contributed by atoms with Gasteiger partial charge < -0.3 is 4.28 Å². The normalized spacial score (nSPS) is 9.25. The molecule has 0 radical (unpaired) electrons. The second-order valence-electron chi connectivity index (χ2n) is 0.894. The van der Waals surface area contributed by atoms with Crippen LogP contribution in [-0.2, 0) is 24.7 Å². The summed E-state index contributed by atoms with van der Waals surface area (Å²) in [7, 11) is 4.12. The van der Waals surface area contributed by atoms with Crippen molar-refractivity contribution in [2.75, 3.05) is 14.1 Å². The molecule has 0 saturated carbocycles. The van der Waals surface area contributed by atoms with Gasteiger partial charge >= 0.3 is 41.6 Å². The van der Waals surface area contributed by atoms with Gasteiger partial charge in [-0.2, -0.15) is 0 Å². The molecule has 0 heterocycles. The Hall–Kier alpha value is 0.830. The Kier molecular flexibility index (Phi) is 2.53. The standard InChI is InChI=1S/C2H6N.Hf.3H/c1-3-2;;;;/h1-2H3;;;;/q-1;+4;3*-1. The molecule has 1 nitrogen and oxygen atoms in total. The fourth-order valence-corrected chi connectivity index (χ4v) is 0. The van der Waals surface area contributed by atoms with Crippen molar-refractivity contribution in [1.82, 2.24) is 2.89 Å². The van der Waals surface area contributed by atoms with Gasteiger partial charge in [0.25, 0.3) is 0 Å². The van der Waals surface area contributed by atoms with Crippen LogP contribution in [0.3, 0.4) is 0 Å². The first kappa shape index (κ1) is 4.83. The molecule has 26 valence electrons. The molecule has 0 rings (SSSR count). The van der Waals surface area contributed by atoms with Crippen molar-refractivity contribution in [2.45, 2.75) is 0 Å². The van der Waals surface area contributed by atoms with Gasteiger partial charge in [0.15, 0.2) is 0 Å². The molecule has 0 aliphatic rings. The fourth-order valence-electron chi connectivity index (χ4n) is 0. The zero-order chi connectivity index (χ0) is 3.58. The van der Waals surface area contributed by atoms with E-state index in [4.69, 9.17) is 0 Å². The van der Waals surface area contributed by atoms with Crippen LogP contribution in [0.5, 0.6) is 0 Å². The van der Waals surface area contributed by atoms with E-state index in [2.05, 4.69) is 17.0 Å². The molecule has 2 heteroatoms. The third-order valence-electron chi connectivity index (χ3n) is 0. The zero-order valence-electron chi connectivity index (χ0n) is 5.95. The largest absolute Gasteiger partial charge is 1.00 e. The van der Waals surface area contributed by atoms with Crippen molar-refractivity contribution in [3.63, 3.8) is 0 Å². The fraction of sp³-hybridized carbons (Fsp3) is 1.00. The van der Waals surface area contributed by atoms with E-state index in [0.29, 0.717) is 0 Å². The molecule has 0 aromatic rings.